The molecule has 14 heavy (non-hydrogen) atoms. The maximum absolute atomic E-state index is 5.84. The van der Waals surface area contributed by atoms with Crippen molar-refractivity contribution in [2.45, 2.75) is 32.7 Å². The van der Waals surface area contributed by atoms with Crippen LogP contribution in [0.2, 0.25) is 5.15 Å². The first kappa shape index (κ1) is 10.2. The van der Waals surface area contributed by atoms with Crippen LogP contribution >= 0.6 is 22.9 Å². The lowest BCUT2D eigenvalue weighted by Gasteiger charge is -2.23. The second kappa shape index (κ2) is 4.07. The molecule has 0 bridgehead atoms. The third-order valence-corrected chi connectivity index (χ3v) is 3.46. The number of halogens is 1. The van der Waals surface area contributed by atoms with Gasteiger partial charge in [-0.15, -0.1) is 11.3 Å². The average molecular weight is 231 g/mol. The van der Waals surface area contributed by atoms with E-state index < -0.39 is 0 Å². The lowest BCUT2D eigenvalue weighted by molar-refractivity contribution is 0.606. The molecular formula is C10H15ClN2S. The van der Waals surface area contributed by atoms with Crippen LogP contribution in [0.4, 0.5) is 5.13 Å². The molecule has 2 nitrogen and oxygen atoms in total. The number of hydrogen-bond acceptors (Lipinski definition) is 3. The highest BCUT2D eigenvalue weighted by atomic mass is 35.5. The highest BCUT2D eigenvalue weighted by molar-refractivity contribution is 7.14. The minimum atomic E-state index is 0.624. The lowest BCUT2D eigenvalue weighted by Crippen LogP contribution is -2.29. The van der Waals surface area contributed by atoms with Crippen molar-refractivity contribution < 1.29 is 0 Å². The van der Waals surface area contributed by atoms with E-state index in [1.807, 2.05) is 5.38 Å². The van der Waals surface area contributed by atoms with Gasteiger partial charge in [0.25, 0.3) is 0 Å². The second-order valence-corrected chi connectivity index (χ2v) is 5.45. The van der Waals surface area contributed by atoms with Crippen molar-refractivity contribution in [3.05, 3.63) is 10.5 Å². The van der Waals surface area contributed by atoms with Crippen molar-refractivity contribution in [1.82, 2.24) is 4.98 Å². The summed E-state index contributed by atoms with van der Waals surface area (Å²) in [5.74, 6) is 0.679. The van der Waals surface area contributed by atoms with Gasteiger partial charge in [0, 0.05) is 18.0 Å². The van der Waals surface area contributed by atoms with Crippen LogP contribution in [0.5, 0.6) is 0 Å². The summed E-state index contributed by atoms with van der Waals surface area (Å²) < 4.78 is 0. The first-order chi connectivity index (χ1) is 6.66. The zero-order valence-electron chi connectivity index (χ0n) is 8.53. The molecule has 2 rings (SSSR count). The van der Waals surface area contributed by atoms with E-state index in [9.17, 15) is 0 Å². The number of hydrogen-bond donors (Lipinski definition) is 0. The molecule has 4 heteroatoms. The summed E-state index contributed by atoms with van der Waals surface area (Å²) in [7, 11) is 0. The standard InChI is InChI=1S/C10H15ClN2S/c1-7(2)5-13(8-3-4-8)10-12-9(11)6-14-10/h6-8H,3-5H2,1-2H3. The Morgan fingerprint density at radius 1 is 1.64 bits per heavy atom. The summed E-state index contributed by atoms with van der Waals surface area (Å²) in [6.45, 7) is 5.57. The van der Waals surface area contributed by atoms with E-state index in [0.717, 1.165) is 17.7 Å². The van der Waals surface area contributed by atoms with E-state index in [1.54, 1.807) is 11.3 Å². The molecule has 1 aromatic rings. The van der Waals surface area contributed by atoms with Gasteiger partial charge < -0.3 is 4.90 Å². The van der Waals surface area contributed by atoms with Gasteiger partial charge in [-0.25, -0.2) is 4.98 Å². The Kier molecular flexibility index (Phi) is 2.98. The summed E-state index contributed by atoms with van der Waals surface area (Å²) >= 11 is 7.49. The van der Waals surface area contributed by atoms with Gasteiger partial charge in [0.1, 0.15) is 5.15 Å². The number of nitrogens with zero attached hydrogens (tertiary/aromatic N) is 2. The van der Waals surface area contributed by atoms with Gasteiger partial charge in [-0.1, -0.05) is 25.4 Å². The van der Waals surface area contributed by atoms with Crippen molar-refractivity contribution >= 4 is 28.1 Å². The van der Waals surface area contributed by atoms with Gasteiger partial charge in [0.15, 0.2) is 5.13 Å². The molecule has 0 unspecified atom stereocenters. The van der Waals surface area contributed by atoms with Crippen molar-refractivity contribution in [2.75, 3.05) is 11.4 Å². The first-order valence-corrected chi connectivity index (χ1v) is 6.30. The molecule has 0 aliphatic heterocycles. The summed E-state index contributed by atoms with van der Waals surface area (Å²) in [6.07, 6.45) is 2.62. The van der Waals surface area contributed by atoms with Gasteiger partial charge in [0.2, 0.25) is 0 Å². The normalized spacial score (nSPS) is 16.3. The Balaban J connectivity index is 2.09. The lowest BCUT2D eigenvalue weighted by atomic mass is 10.2. The third-order valence-electron chi connectivity index (χ3n) is 2.26. The number of anilines is 1. The van der Waals surface area contributed by atoms with Crippen LogP contribution in [0.25, 0.3) is 0 Å². The highest BCUT2D eigenvalue weighted by Gasteiger charge is 2.31. The Labute approximate surface area is 93.9 Å². The molecule has 0 atom stereocenters. The number of rotatable bonds is 4. The molecule has 0 aromatic carbocycles. The van der Waals surface area contributed by atoms with E-state index in [4.69, 9.17) is 11.6 Å². The predicted octanol–water partition coefficient (Wildman–Crippen LogP) is 3.42. The van der Waals surface area contributed by atoms with Gasteiger partial charge >= 0.3 is 0 Å². The largest absolute Gasteiger partial charge is 0.345 e. The molecule has 78 valence electrons. The van der Waals surface area contributed by atoms with Crippen LogP contribution < -0.4 is 4.90 Å². The SMILES string of the molecule is CC(C)CN(c1nc(Cl)cs1)C1CC1. The van der Waals surface area contributed by atoms with Crippen LogP contribution in [0.1, 0.15) is 26.7 Å². The minimum absolute atomic E-state index is 0.624. The second-order valence-electron chi connectivity index (χ2n) is 4.23. The summed E-state index contributed by atoms with van der Waals surface area (Å²) in [6, 6.07) is 0.722. The van der Waals surface area contributed by atoms with Gasteiger partial charge in [-0.2, -0.15) is 0 Å². The van der Waals surface area contributed by atoms with Crippen LogP contribution in [-0.2, 0) is 0 Å². The molecule has 1 saturated carbocycles. The molecule has 1 fully saturated rings. The molecule has 0 amide bonds. The van der Waals surface area contributed by atoms with Crippen LogP contribution in [-0.4, -0.2) is 17.6 Å². The molecule has 1 aliphatic rings. The monoisotopic (exact) mass is 230 g/mol. The van der Waals surface area contributed by atoms with Gasteiger partial charge in [0.05, 0.1) is 0 Å². The Hall–Kier alpha value is -0.280. The fourth-order valence-corrected chi connectivity index (χ4v) is 2.57. The summed E-state index contributed by atoms with van der Waals surface area (Å²) in [5, 5.41) is 3.62. The van der Waals surface area contributed by atoms with E-state index in [1.165, 1.54) is 12.8 Å². The molecular weight excluding hydrogens is 216 g/mol. The maximum Gasteiger partial charge on any atom is 0.187 e. The smallest absolute Gasteiger partial charge is 0.187 e. The molecule has 1 aromatic heterocycles. The molecule has 0 radical (unpaired) electrons. The molecule has 0 saturated heterocycles. The predicted molar refractivity (Wildman–Crippen MR) is 62.3 cm³/mol. The van der Waals surface area contributed by atoms with Gasteiger partial charge in [-0.05, 0) is 18.8 Å². The first-order valence-electron chi connectivity index (χ1n) is 5.04. The van der Waals surface area contributed by atoms with Crippen molar-refractivity contribution in [3.63, 3.8) is 0 Å². The Morgan fingerprint density at radius 3 is 2.79 bits per heavy atom. The quantitative estimate of drug-likeness (QED) is 0.788. The zero-order chi connectivity index (χ0) is 10.1. The Morgan fingerprint density at radius 2 is 2.36 bits per heavy atom. The number of aromatic nitrogens is 1. The van der Waals surface area contributed by atoms with E-state index >= 15 is 0 Å². The minimum Gasteiger partial charge on any atom is -0.345 e. The fraction of sp³-hybridized carbons (Fsp3) is 0.700. The fourth-order valence-electron chi connectivity index (χ4n) is 1.54. The van der Waals surface area contributed by atoms with E-state index in [0.29, 0.717) is 11.1 Å². The average Bonchev–Trinajstić information content (AvgIpc) is 2.85. The molecule has 0 spiro atoms. The summed E-state index contributed by atoms with van der Waals surface area (Å²) in [5.41, 5.74) is 0. The Bertz CT molecular complexity index is 307. The zero-order valence-corrected chi connectivity index (χ0v) is 10.1. The summed E-state index contributed by atoms with van der Waals surface area (Å²) in [4.78, 5) is 6.74. The highest BCUT2D eigenvalue weighted by Crippen LogP contribution is 2.34. The molecule has 0 N–H and O–H groups in total. The van der Waals surface area contributed by atoms with E-state index in [-0.39, 0.29) is 0 Å². The molecule has 1 heterocycles. The van der Waals surface area contributed by atoms with Crippen LogP contribution in [0.15, 0.2) is 5.38 Å². The van der Waals surface area contributed by atoms with E-state index in [2.05, 4.69) is 23.7 Å². The topological polar surface area (TPSA) is 16.1 Å². The van der Waals surface area contributed by atoms with Crippen molar-refractivity contribution in [2.24, 2.45) is 5.92 Å². The van der Waals surface area contributed by atoms with Crippen molar-refractivity contribution in [1.29, 1.82) is 0 Å². The van der Waals surface area contributed by atoms with Crippen molar-refractivity contribution in [3.8, 4) is 0 Å². The third kappa shape index (κ3) is 2.39. The number of thiazole rings is 1. The van der Waals surface area contributed by atoms with Crippen LogP contribution in [0.3, 0.4) is 0 Å². The maximum atomic E-state index is 5.84. The van der Waals surface area contributed by atoms with Crippen LogP contribution in [0, 0.1) is 5.92 Å². The molecule has 1 aliphatic carbocycles. The van der Waals surface area contributed by atoms with Gasteiger partial charge in [-0.3, -0.25) is 0 Å².